The molecule has 16 heavy (non-hydrogen) atoms. The van der Waals surface area contributed by atoms with E-state index < -0.39 is 0 Å². The van der Waals surface area contributed by atoms with Crippen molar-refractivity contribution in [3.05, 3.63) is 0 Å². The molecule has 5 heteroatoms. The van der Waals surface area contributed by atoms with Crippen molar-refractivity contribution < 1.29 is 14.3 Å². The smallest absolute Gasteiger partial charge is 0.307 e. The number of amides is 1. The van der Waals surface area contributed by atoms with E-state index in [2.05, 4.69) is 12.2 Å². The Morgan fingerprint density at radius 1 is 1.31 bits per heavy atom. The zero-order valence-electron chi connectivity index (χ0n) is 10.1. The van der Waals surface area contributed by atoms with Gasteiger partial charge < -0.3 is 10.1 Å². The van der Waals surface area contributed by atoms with Gasteiger partial charge in [-0.2, -0.15) is 11.8 Å². The van der Waals surface area contributed by atoms with Crippen molar-refractivity contribution in [1.82, 2.24) is 5.32 Å². The van der Waals surface area contributed by atoms with Crippen molar-refractivity contribution in [3.63, 3.8) is 0 Å². The summed E-state index contributed by atoms with van der Waals surface area (Å²) in [6.45, 7) is 4.65. The first kappa shape index (κ1) is 15.3. The normalized spacial score (nSPS) is 9.88. The highest BCUT2D eigenvalue weighted by Crippen LogP contribution is 2.03. The lowest BCUT2D eigenvalue weighted by Crippen LogP contribution is -2.28. The summed E-state index contributed by atoms with van der Waals surface area (Å²) in [5, 5.41) is 2.69. The number of carbonyl (C=O) groups is 2. The van der Waals surface area contributed by atoms with Crippen LogP contribution in [0, 0.1) is 0 Å². The van der Waals surface area contributed by atoms with Gasteiger partial charge in [0.25, 0.3) is 0 Å². The summed E-state index contributed by atoms with van der Waals surface area (Å²) in [7, 11) is 0. The number of thioether (sulfide) groups is 1. The summed E-state index contributed by atoms with van der Waals surface area (Å²) in [5.41, 5.74) is 0. The Bertz CT molecular complexity index is 209. The van der Waals surface area contributed by atoms with E-state index in [4.69, 9.17) is 4.74 Å². The van der Waals surface area contributed by atoms with Crippen LogP contribution >= 0.6 is 11.8 Å². The van der Waals surface area contributed by atoms with Crippen LogP contribution in [-0.4, -0.2) is 36.5 Å². The van der Waals surface area contributed by atoms with Gasteiger partial charge in [-0.3, -0.25) is 9.59 Å². The van der Waals surface area contributed by atoms with Crippen LogP contribution in [-0.2, 0) is 14.3 Å². The topological polar surface area (TPSA) is 55.4 Å². The maximum absolute atomic E-state index is 11.3. The van der Waals surface area contributed by atoms with Gasteiger partial charge in [0.05, 0.1) is 18.8 Å². The molecule has 0 saturated heterocycles. The number of esters is 1. The molecule has 0 rings (SSSR count). The zero-order chi connectivity index (χ0) is 12.2. The fourth-order valence-corrected chi connectivity index (χ4v) is 1.92. The second-order valence-electron chi connectivity index (χ2n) is 3.31. The predicted octanol–water partition coefficient (Wildman–Crippen LogP) is 1.59. The van der Waals surface area contributed by atoms with Crippen LogP contribution in [0.4, 0.5) is 0 Å². The molecular weight excluding hydrogens is 226 g/mol. The molecule has 0 aliphatic heterocycles. The van der Waals surface area contributed by atoms with Crippen LogP contribution < -0.4 is 5.32 Å². The van der Waals surface area contributed by atoms with E-state index in [-0.39, 0.29) is 18.3 Å². The third kappa shape index (κ3) is 9.83. The molecule has 0 fully saturated rings. The zero-order valence-corrected chi connectivity index (χ0v) is 10.9. The number of ether oxygens (including phenoxy) is 1. The van der Waals surface area contributed by atoms with Crippen LogP contribution in [0.15, 0.2) is 0 Å². The minimum absolute atomic E-state index is 0.00889. The van der Waals surface area contributed by atoms with Crippen LogP contribution in [0.5, 0.6) is 0 Å². The average Bonchev–Trinajstić information content (AvgIpc) is 2.25. The number of nitrogens with one attached hydrogen (secondary N) is 1. The number of unbranched alkanes of at least 4 members (excludes halogenated alkanes) is 1. The Morgan fingerprint density at radius 2 is 2.06 bits per heavy atom. The Balaban J connectivity index is 3.33. The minimum Gasteiger partial charge on any atom is -0.466 e. The van der Waals surface area contributed by atoms with E-state index >= 15 is 0 Å². The molecular formula is C11H21NO3S. The van der Waals surface area contributed by atoms with Gasteiger partial charge in [0.15, 0.2) is 0 Å². The van der Waals surface area contributed by atoms with Gasteiger partial charge in [-0.25, -0.2) is 0 Å². The Morgan fingerprint density at radius 3 is 2.69 bits per heavy atom. The maximum atomic E-state index is 11.3. The van der Waals surface area contributed by atoms with Crippen molar-refractivity contribution in [2.75, 3.05) is 24.7 Å². The van der Waals surface area contributed by atoms with Crippen molar-refractivity contribution in [3.8, 4) is 0 Å². The summed E-state index contributed by atoms with van der Waals surface area (Å²) in [4.78, 5) is 22.2. The van der Waals surface area contributed by atoms with E-state index in [1.807, 2.05) is 0 Å². The highest BCUT2D eigenvalue weighted by atomic mass is 32.2. The number of hydrogen-bond donors (Lipinski definition) is 1. The van der Waals surface area contributed by atoms with Crippen LogP contribution in [0.2, 0.25) is 0 Å². The van der Waals surface area contributed by atoms with Crippen molar-refractivity contribution in [2.24, 2.45) is 0 Å². The molecule has 0 heterocycles. The largest absolute Gasteiger partial charge is 0.466 e. The maximum Gasteiger partial charge on any atom is 0.307 e. The van der Waals surface area contributed by atoms with E-state index in [0.717, 1.165) is 18.6 Å². The monoisotopic (exact) mass is 247 g/mol. The molecule has 4 nitrogen and oxygen atoms in total. The van der Waals surface area contributed by atoms with E-state index in [0.29, 0.717) is 18.9 Å². The van der Waals surface area contributed by atoms with Gasteiger partial charge in [-0.05, 0) is 19.1 Å². The number of carbonyl (C=O) groups excluding carboxylic acids is 2. The second kappa shape index (κ2) is 10.8. The number of rotatable bonds is 9. The molecule has 0 aliphatic rings. The first-order chi connectivity index (χ1) is 7.70. The summed E-state index contributed by atoms with van der Waals surface area (Å²) < 4.78 is 4.74. The molecule has 0 spiro atoms. The summed E-state index contributed by atoms with van der Waals surface area (Å²) >= 11 is 1.63. The number of hydrogen-bond acceptors (Lipinski definition) is 4. The van der Waals surface area contributed by atoms with Crippen LogP contribution in [0.3, 0.4) is 0 Å². The summed E-state index contributed by atoms with van der Waals surface area (Å²) in [6, 6.07) is 0. The van der Waals surface area contributed by atoms with Crippen molar-refractivity contribution >= 4 is 23.6 Å². The molecule has 0 aromatic heterocycles. The van der Waals surface area contributed by atoms with E-state index in [9.17, 15) is 9.59 Å². The van der Waals surface area contributed by atoms with E-state index in [1.54, 1.807) is 18.7 Å². The van der Waals surface area contributed by atoms with Gasteiger partial charge in [-0.1, -0.05) is 13.3 Å². The van der Waals surface area contributed by atoms with Crippen molar-refractivity contribution in [1.29, 1.82) is 0 Å². The average molecular weight is 247 g/mol. The lowest BCUT2D eigenvalue weighted by Gasteiger charge is -2.04. The standard InChI is InChI=1S/C11H21NO3S/c1-3-5-8-16-9-10(13)12-7-6-11(14)15-4-2/h3-9H2,1-2H3,(H,12,13). The molecule has 0 radical (unpaired) electrons. The summed E-state index contributed by atoms with van der Waals surface area (Å²) in [5.74, 6) is 1.22. The molecule has 0 bridgehead atoms. The molecule has 0 aromatic carbocycles. The second-order valence-corrected chi connectivity index (χ2v) is 4.42. The minimum atomic E-state index is -0.263. The quantitative estimate of drug-likeness (QED) is 0.496. The predicted molar refractivity (Wildman–Crippen MR) is 66.5 cm³/mol. The molecule has 0 unspecified atom stereocenters. The lowest BCUT2D eigenvalue weighted by atomic mass is 10.4. The molecule has 0 aromatic rings. The molecule has 0 aliphatic carbocycles. The Hall–Kier alpha value is -0.710. The molecule has 0 saturated carbocycles. The van der Waals surface area contributed by atoms with Gasteiger partial charge >= 0.3 is 5.97 Å². The summed E-state index contributed by atoms with van der Waals surface area (Å²) in [6.07, 6.45) is 2.54. The lowest BCUT2D eigenvalue weighted by molar-refractivity contribution is -0.142. The fourth-order valence-electron chi connectivity index (χ4n) is 0.999. The van der Waals surface area contributed by atoms with Gasteiger partial charge in [0.2, 0.25) is 5.91 Å². The van der Waals surface area contributed by atoms with Crippen molar-refractivity contribution in [2.45, 2.75) is 33.1 Å². The van der Waals surface area contributed by atoms with Gasteiger partial charge in [-0.15, -0.1) is 0 Å². The highest BCUT2D eigenvalue weighted by Gasteiger charge is 2.04. The molecule has 94 valence electrons. The van der Waals surface area contributed by atoms with Crippen LogP contribution in [0.1, 0.15) is 33.1 Å². The Labute approximate surface area is 101 Å². The third-order valence-electron chi connectivity index (χ3n) is 1.83. The third-order valence-corrected chi connectivity index (χ3v) is 2.88. The molecule has 1 amide bonds. The van der Waals surface area contributed by atoms with Gasteiger partial charge in [0, 0.05) is 6.54 Å². The SMILES string of the molecule is CCCCSCC(=O)NCCC(=O)OCC. The first-order valence-corrected chi connectivity index (χ1v) is 6.86. The van der Waals surface area contributed by atoms with Crippen LogP contribution in [0.25, 0.3) is 0 Å². The Kier molecular flexibility index (Phi) is 10.3. The van der Waals surface area contributed by atoms with Gasteiger partial charge in [0.1, 0.15) is 0 Å². The first-order valence-electron chi connectivity index (χ1n) is 5.70. The fraction of sp³-hybridized carbons (Fsp3) is 0.818. The van der Waals surface area contributed by atoms with E-state index in [1.165, 1.54) is 0 Å². The molecule has 1 N–H and O–H groups in total. The molecule has 0 atom stereocenters. The highest BCUT2D eigenvalue weighted by molar-refractivity contribution is 7.99.